The molecule has 0 spiro atoms. The number of rotatable bonds is 2. The lowest BCUT2D eigenvalue weighted by Gasteiger charge is -2.01. The van der Waals surface area contributed by atoms with Crippen LogP contribution < -0.4 is 5.73 Å². The molecule has 0 bridgehead atoms. The highest BCUT2D eigenvalue weighted by Crippen LogP contribution is 2.16. The van der Waals surface area contributed by atoms with Crippen LogP contribution in [0.15, 0.2) is 60.9 Å². The molecule has 18 heavy (non-hydrogen) atoms. The van der Waals surface area contributed by atoms with E-state index >= 15 is 0 Å². The lowest BCUT2D eigenvalue weighted by Crippen LogP contribution is -1.95. The second-order valence-corrected chi connectivity index (χ2v) is 3.95. The molecule has 2 heterocycles. The summed E-state index contributed by atoms with van der Waals surface area (Å²) < 4.78 is 1.81. The summed E-state index contributed by atoms with van der Waals surface area (Å²) in [6, 6.07) is 15.3. The summed E-state index contributed by atoms with van der Waals surface area (Å²) in [5, 5.41) is 4.49. The molecular weight excluding hydrogens is 224 g/mol. The van der Waals surface area contributed by atoms with E-state index in [0.29, 0.717) is 0 Å². The number of anilines is 1. The first-order chi connectivity index (χ1) is 8.83. The molecule has 0 aliphatic carbocycles. The van der Waals surface area contributed by atoms with Gasteiger partial charge in [0.1, 0.15) is 5.69 Å². The molecule has 3 rings (SSSR count). The molecule has 0 fully saturated rings. The van der Waals surface area contributed by atoms with Gasteiger partial charge in [-0.05, 0) is 42.5 Å². The molecule has 1 aromatic carbocycles. The molecule has 4 nitrogen and oxygen atoms in total. The highest BCUT2D eigenvalue weighted by Gasteiger charge is 2.03. The van der Waals surface area contributed by atoms with Crippen LogP contribution in [0.2, 0.25) is 0 Å². The average molecular weight is 236 g/mol. The van der Waals surface area contributed by atoms with Crippen molar-refractivity contribution in [1.82, 2.24) is 14.8 Å². The molecule has 0 amide bonds. The maximum Gasteiger partial charge on any atom is 0.111 e. The molecule has 0 aliphatic rings. The largest absolute Gasteiger partial charge is 0.399 e. The van der Waals surface area contributed by atoms with E-state index in [-0.39, 0.29) is 0 Å². The molecular formula is C14H12N4. The zero-order valence-electron chi connectivity index (χ0n) is 9.69. The molecule has 2 aromatic heterocycles. The molecule has 0 unspecified atom stereocenters. The zero-order chi connectivity index (χ0) is 12.4. The van der Waals surface area contributed by atoms with Crippen LogP contribution in [0.3, 0.4) is 0 Å². The van der Waals surface area contributed by atoms with Crippen LogP contribution in [0, 0.1) is 0 Å². The highest BCUT2D eigenvalue weighted by atomic mass is 15.3. The van der Waals surface area contributed by atoms with Crippen molar-refractivity contribution < 1.29 is 0 Å². The Morgan fingerprint density at radius 1 is 0.889 bits per heavy atom. The predicted octanol–water partition coefficient (Wildman–Crippen LogP) is 2.52. The third-order valence-corrected chi connectivity index (χ3v) is 2.67. The lowest BCUT2D eigenvalue weighted by atomic mass is 10.3. The molecule has 0 saturated heterocycles. The van der Waals surface area contributed by atoms with Gasteiger partial charge in [-0.25, -0.2) is 4.68 Å². The van der Waals surface area contributed by atoms with Crippen LogP contribution in [0.5, 0.6) is 0 Å². The quantitative estimate of drug-likeness (QED) is 0.695. The summed E-state index contributed by atoms with van der Waals surface area (Å²) in [4.78, 5) is 4.27. The monoisotopic (exact) mass is 236 g/mol. The Hall–Kier alpha value is -2.62. The number of benzene rings is 1. The van der Waals surface area contributed by atoms with Gasteiger partial charge in [0.2, 0.25) is 0 Å². The maximum absolute atomic E-state index is 5.66. The van der Waals surface area contributed by atoms with Crippen molar-refractivity contribution >= 4 is 5.69 Å². The van der Waals surface area contributed by atoms with Gasteiger partial charge < -0.3 is 5.73 Å². The normalized spacial score (nSPS) is 10.4. The first kappa shape index (κ1) is 10.5. The molecule has 4 heteroatoms. The van der Waals surface area contributed by atoms with E-state index in [1.54, 1.807) is 6.20 Å². The summed E-state index contributed by atoms with van der Waals surface area (Å²) in [5.41, 5.74) is 9.11. The van der Waals surface area contributed by atoms with E-state index in [0.717, 1.165) is 22.8 Å². The Labute approximate surface area is 105 Å². The maximum atomic E-state index is 5.66. The molecule has 0 saturated carbocycles. The Balaban J connectivity index is 1.97. The molecule has 0 atom stereocenters. The number of hydrogen-bond acceptors (Lipinski definition) is 3. The van der Waals surface area contributed by atoms with Gasteiger partial charge in [0.15, 0.2) is 0 Å². The SMILES string of the molecule is Nc1ccc(-n2ccc(-c3ccccn3)n2)cc1. The summed E-state index contributed by atoms with van der Waals surface area (Å²) in [7, 11) is 0. The minimum Gasteiger partial charge on any atom is -0.399 e. The van der Waals surface area contributed by atoms with Crippen LogP contribution in [-0.4, -0.2) is 14.8 Å². The van der Waals surface area contributed by atoms with E-state index in [4.69, 9.17) is 5.73 Å². The number of pyridine rings is 1. The van der Waals surface area contributed by atoms with E-state index in [1.165, 1.54) is 0 Å². The molecule has 0 aliphatic heterocycles. The van der Waals surface area contributed by atoms with Gasteiger partial charge >= 0.3 is 0 Å². The summed E-state index contributed by atoms with van der Waals surface area (Å²) in [5.74, 6) is 0. The van der Waals surface area contributed by atoms with E-state index in [1.807, 2.05) is 59.4 Å². The third kappa shape index (κ3) is 1.96. The van der Waals surface area contributed by atoms with Gasteiger partial charge in [-0.1, -0.05) is 6.07 Å². The first-order valence-electron chi connectivity index (χ1n) is 5.66. The summed E-state index contributed by atoms with van der Waals surface area (Å²) >= 11 is 0. The highest BCUT2D eigenvalue weighted by molar-refractivity contribution is 5.54. The molecule has 0 radical (unpaired) electrons. The van der Waals surface area contributed by atoms with Crippen molar-refractivity contribution in [3.63, 3.8) is 0 Å². The standard InChI is InChI=1S/C14H12N4/c15-11-4-6-12(7-5-11)18-10-8-14(17-18)13-3-1-2-9-16-13/h1-10H,15H2. The van der Waals surface area contributed by atoms with Crippen LogP contribution in [0.1, 0.15) is 0 Å². The number of aromatic nitrogens is 3. The van der Waals surface area contributed by atoms with Gasteiger partial charge in [0.25, 0.3) is 0 Å². The minimum atomic E-state index is 0.746. The fourth-order valence-electron chi connectivity index (χ4n) is 1.75. The number of hydrogen-bond donors (Lipinski definition) is 1. The fourth-order valence-corrected chi connectivity index (χ4v) is 1.75. The minimum absolute atomic E-state index is 0.746. The smallest absolute Gasteiger partial charge is 0.111 e. The zero-order valence-corrected chi connectivity index (χ0v) is 9.69. The van der Waals surface area contributed by atoms with Crippen molar-refractivity contribution in [3.8, 4) is 17.1 Å². The van der Waals surface area contributed by atoms with Gasteiger partial charge in [0, 0.05) is 18.1 Å². The van der Waals surface area contributed by atoms with Crippen molar-refractivity contribution in [3.05, 3.63) is 60.9 Å². The van der Waals surface area contributed by atoms with E-state index in [9.17, 15) is 0 Å². The predicted molar refractivity (Wildman–Crippen MR) is 71.2 cm³/mol. The fraction of sp³-hybridized carbons (Fsp3) is 0. The number of nitrogens with two attached hydrogens (primary N) is 1. The number of nitrogens with zero attached hydrogens (tertiary/aromatic N) is 3. The first-order valence-corrected chi connectivity index (χ1v) is 5.66. The van der Waals surface area contributed by atoms with Crippen LogP contribution >= 0.6 is 0 Å². The van der Waals surface area contributed by atoms with Gasteiger partial charge in [-0.15, -0.1) is 0 Å². The second-order valence-electron chi connectivity index (χ2n) is 3.95. The van der Waals surface area contributed by atoms with Gasteiger partial charge in [-0.3, -0.25) is 4.98 Å². The topological polar surface area (TPSA) is 56.7 Å². The van der Waals surface area contributed by atoms with Crippen molar-refractivity contribution in [2.75, 3.05) is 5.73 Å². The van der Waals surface area contributed by atoms with Gasteiger partial charge in [0.05, 0.1) is 11.4 Å². The van der Waals surface area contributed by atoms with E-state index < -0.39 is 0 Å². The van der Waals surface area contributed by atoms with Crippen molar-refractivity contribution in [2.45, 2.75) is 0 Å². The molecule has 88 valence electrons. The van der Waals surface area contributed by atoms with Crippen molar-refractivity contribution in [2.24, 2.45) is 0 Å². The van der Waals surface area contributed by atoms with E-state index in [2.05, 4.69) is 10.1 Å². The Kier molecular flexibility index (Phi) is 2.53. The van der Waals surface area contributed by atoms with Crippen LogP contribution in [0.25, 0.3) is 17.1 Å². The lowest BCUT2D eigenvalue weighted by molar-refractivity contribution is 0.882. The molecule has 3 aromatic rings. The van der Waals surface area contributed by atoms with Gasteiger partial charge in [-0.2, -0.15) is 5.10 Å². The molecule has 2 N–H and O–H groups in total. The summed E-state index contributed by atoms with van der Waals surface area (Å²) in [6.07, 6.45) is 3.67. The van der Waals surface area contributed by atoms with Crippen LogP contribution in [-0.2, 0) is 0 Å². The van der Waals surface area contributed by atoms with Crippen LogP contribution in [0.4, 0.5) is 5.69 Å². The van der Waals surface area contributed by atoms with Crippen molar-refractivity contribution in [1.29, 1.82) is 0 Å². The Bertz CT molecular complexity index is 641. The Morgan fingerprint density at radius 3 is 2.44 bits per heavy atom. The average Bonchev–Trinajstić information content (AvgIpc) is 2.90. The second kappa shape index (κ2) is 4.33. The Morgan fingerprint density at radius 2 is 1.72 bits per heavy atom. The number of nitrogen functional groups attached to an aromatic ring is 1. The third-order valence-electron chi connectivity index (χ3n) is 2.67. The summed E-state index contributed by atoms with van der Waals surface area (Å²) in [6.45, 7) is 0.